The highest BCUT2D eigenvalue weighted by molar-refractivity contribution is 5.82. The first kappa shape index (κ1) is 18.3. The van der Waals surface area contributed by atoms with Crippen molar-refractivity contribution < 1.29 is 9.32 Å². The Labute approximate surface area is 149 Å². The first-order valence-corrected chi connectivity index (χ1v) is 9.56. The molecule has 140 valence electrons. The van der Waals surface area contributed by atoms with E-state index in [1.165, 1.54) is 0 Å². The summed E-state index contributed by atoms with van der Waals surface area (Å²) < 4.78 is 5.29. The van der Waals surface area contributed by atoms with E-state index in [0.717, 1.165) is 45.3 Å². The normalized spacial score (nSPS) is 22.6. The van der Waals surface area contributed by atoms with Crippen LogP contribution < -0.4 is 10.6 Å². The number of amides is 1. The van der Waals surface area contributed by atoms with E-state index in [9.17, 15) is 4.79 Å². The Morgan fingerprint density at radius 2 is 2.16 bits per heavy atom. The summed E-state index contributed by atoms with van der Waals surface area (Å²) in [4.78, 5) is 19.2. The summed E-state index contributed by atoms with van der Waals surface area (Å²) in [5.74, 6) is 1.88. The molecule has 2 fully saturated rings. The van der Waals surface area contributed by atoms with Crippen molar-refractivity contribution >= 4 is 5.91 Å². The molecule has 3 heterocycles. The van der Waals surface area contributed by atoms with Crippen LogP contribution in [-0.4, -0.2) is 53.2 Å². The summed E-state index contributed by atoms with van der Waals surface area (Å²) in [6, 6.07) is -0.0833. The Bertz CT molecular complexity index is 580. The Morgan fingerprint density at radius 1 is 1.40 bits per heavy atom. The molecule has 0 radical (unpaired) electrons. The average Bonchev–Trinajstić information content (AvgIpc) is 3.20. The van der Waals surface area contributed by atoms with E-state index in [2.05, 4.69) is 34.6 Å². The Kier molecular flexibility index (Phi) is 5.74. The summed E-state index contributed by atoms with van der Waals surface area (Å²) in [5.41, 5.74) is 0.293. The van der Waals surface area contributed by atoms with Gasteiger partial charge in [0.1, 0.15) is 0 Å². The van der Waals surface area contributed by atoms with Gasteiger partial charge in [-0.05, 0) is 50.6 Å². The molecule has 1 aromatic heterocycles. The topological polar surface area (TPSA) is 83.3 Å². The molecule has 0 bridgehead atoms. The van der Waals surface area contributed by atoms with Crippen LogP contribution in [0.1, 0.15) is 51.7 Å². The van der Waals surface area contributed by atoms with Gasteiger partial charge in [-0.25, -0.2) is 0 Å². The third-order valence-corrected chi connectivity index (χ3v) is 5.44. The zero-order valence-corrected chi connectivity index (χ0v) is 15.7. The summed E-state index contributed by atoms with van der Waals surface area (Å²) in [6.07, 6.45) is 4.02. The van der Waals surface area contributed by atoms with Crippen LogP contribution in [0.15, 0.2) is 4.52 Å². The van der Waals surface area contributed by atoms with Crippen LogP contribution in [0.2, 0.25) is 0 Å². The van der Waals surface area contributed by atoms with Crippen molar-refractivity contribution in [3.05, 3.63) is 11.7 Å². The number of likely N-dealkylation sites (N-methyl/N-ethyl adjacent to an activating group) is 1. The standard InChI is InChI=1S/C18H31N5O2/c1-4-23(11-15-21-16(25-22-15)9-13(2)3)17(24)14-10-18(12-20-14)5-7-19-8-6-18/h13-14,19-20H,4-12H2,1-3H3/t14-/m1/s1. The first-order valence-electron chi connectivity index (χ1n) is 9.56. The second-order valence-electron chi connectivity index (χ2n) is 7.94. The van der Waals surface area contributed by atoms with Crippen molar-refractivity contribution in [1.82, 2.24) is 25.7 Å². The Balaban J connectivity index is 1.59. The van der Waals surface area contributed by atoms with E-state index in [1.807, 2.05) is 11.8 Å². The highest BCUT2D eigenvalue weighted by atomic mass is 16.5. The van der Waals surface area contributed by atoms with Gasteiger partial charge in [0.15, 0.2) is 5.82 Å². The monoisotopic (exact) mass is 349 g/mol. The number of nitrogens with one attached hydrogen (secondary N) is 2. The zero-order chi connectivity index (χ0) is 17.9. The van der Waals surface area contributed by atoms with Crippen molar-refractivity contribution in [2.75, 3.05) is 26.2 Å². The molecule has 1 aromatic rings. The molecule has 1 spiro atoms. The van der Waals surface area contributed by atoms with E-state index in [1.54, 1.807) is 0 Å². The number of aromatic nitrogens is 2. The second-order valence-corrected chi connectivity index (χ2v) is 7.94. The van der Waals surface area contributed by atoms with Crippen LogP contribution in [0.5, 0.6) is 0 Å². The predicted octanol–water partition coefficient (Wildman–Crippen LogP) is 1.35. The van der Waals surface area contributed by atoms with E-state index in [-0.39, 0.29) is 11.9 Å². The summed E-state index contributed by atoms with van der Waals surface area (Å²) >= 11 is 0. The number of rotatable bonds is 6. The molecule has 0 saturated carbocycles. The molecule has 2 aliphatic rings. The minimum absolute atomic E-state index is 0.0833. The van der Waals surface area contributed by atoms with Gasteiger partial charge in [0.2, 0.25) is 11.8 Å². The third-order valence-electron chi connectivity index (χ3n) is 5.44. The fourth-order valence-corrected chi connectivity index (χ4v) is 3.95. The molecule has 0 unspecified atom stereocenters. The maximum absolute atomic E-state index is 13.0. The molecule has 1 atom stereocenters. The van der Waals surface area contributed by atoms with Crippen LogP contribution in [0.25, 0.3) is 0 Å². The Morgan fingerprint density at radius 3 is 2.84 bits per heavy atom. The van der Waals surface area contributed by atoms with Gasteiger partial charge in [-0.2, -0.15) is 4.98 Å². The number of carbonyl (C=O) groups is 1. The van der Waals surface area contributed by atoms with Crippen LogP contribution in [0.4, 0.5) is 0 Å². The van der Waals surface area contributed by atoms with Gasteiger partial charge in [0.25, 0.3) is 0 Å². The van der Waals surface area contributed by atoms with Gasteiger partial charge in [-0.3, -0.25) is 4.79 Å². The summed E-state index contributed by atoms with van der Waals surface area (Å²) in [5, 5.41) is 10.9. The molecule has 2 saturated heterocycles. The van der Waals surface area contributed by atoms with Crippen LogP contribution >= 0.6 is 0 Å². The third kappa shape index (κ3) is 4.39. The maximum Gasteiger partial charge on any atom is 0.240 e. The highest BCUT2D eigenvalue weighted by Crippen LogP contribution is 2.37. The fraction of sp³-hybridized carbons (Fsp3) is 0.833. The van der Waals surface area contributed by atoms with Gasteiger partial charge in [-0.1, -0.05) is 19.0 Å². The van der Waals surface area contributed by atoms with E-state index >= 15 is 0 Å². The lowest BCUT2D eigenvalue weighted by Crippen LogP contribution is -2.43. The molecule has 7 nitrogen and oxygen atoms in total. The second kappa shape index (κ2) is 7.83. The van der Waals surface area contributed by atoms with Gasteiger partial charge >= 0.3 is 0 Å². The number of hydrogen-bond acceptors (Lipinski definition) is 6. The van der Waals surface area contributed by atoms with Crippen LogP contribution in [-0.2, 0) is 17.8 Å². The van der Waals surface area contributed by atoms with E-state index in [0.29, 0.717) is 36.1 Å². The minimum atomic E-state index is -0.0833. The minimum Gasteiger partial charge on any atom is -0.339 e. The quantitative estimate of drug-likeness (QED) is 0.807. The zero-order valence-electron chi connectivity index (χ0n) is 15.7. The van der Waals surface area contributed by atoms with Gasteiger partial charge in [0.05, 0.1) is 12.6 Å². The molecular weight excluding hydrogens is 318 g/mol. The first-order chi connectivity index (χ1) is 12.0. The molecule has 0 aliphatic carbocycles. The molecule has 0 aromatic carbocycles. The van der Waals surface area contributed by atoms with E-state index in [4.69, 9.17) is 4.52 Å². The van der Waals surface area contributed by atoms with Crippen molar-refractivity contribution in [3.63, 3.8) is 0 Å². The fourth-order valence-electron chi connectivity index (χ4n) is 3.95. The number of nitrogens with zero attached hydrogens (tertiary/aromatic N) is 3. The molecule has 25 heavy (non-hydrogen) atoms. The average molecular weight is 349 g/mol. The van der Waals surface area contributed by atoms with E-state index < -0.39 is 0 Å². The van der Waals surface area contributed by atoms with Gasteiger partial charge in [-0.15, -0.1) is 0 Å². The maximum atomic E-state index is 13.0. The van der Waals surface area contributed by atoms with Gasteiger partial charge in [0, 0.05) is 19.5 Å². The largest absolute Gasteiger partial charge is 0.339 e. The lowest BCUT2D eigenvalue weighted by molar-refractivity contribution is -0.133. The molecule has 2 aliphatic heterocycles. The molecule has 7 heteroatoms. The molecule has 3 rings (SSSR count). The van der Waals surface area contributed by atoms with Crippen molar-refractivity contribution in [3.8, 4) is 0 Å². The predicted molar refractivity (Wildman–Crippen MR) is 94.9 cm³/mol. The number of hydrogen-bond donors (Lipinski definition) is 2. The summed E-state index contributed by atoms with van der Waals surface area (Å²) in [6.45, 7) is 10.4. The SMILES string of the molecule is CCN(Cc1noc(CC(C)C)n1)C(=O)[C@H]1CC2(CCNCC2)CN1. The lowest BCUT2D eigenvalue weighted by Gasteiger charge is -2.33. The van der Waals surface area contributed by atoms with Gasteiger partial charge < -0.3 is 20.1 Å². The van der Waals surface area contributed by atoms with Crippen molar-refractivity contribution in [2.24, 2.45) is 11.3 Å². The smallest absolute Gasteiger partial charge is 0.240 e. The van der Waals surface area contributed by atoms with Crippen molar-refractivity contribution in [1.29, 1.82) is 0 Å². The molecule has 1 amide bonds. The number of piperidine rings is 1. The Hall–Kier alpha value is -1.47. The molecule has 2 N–H and O–H groups in total. The summed E-state index contributed by atoms with van der Waals surface area (Å²) in [7, 11) is 0. The van der Waals surface area contributed by atoms with Crippen molar-refractivity contribution in [2.45, 2.75) is 59.0 Å². The van der Waals surface area contributed by atoms with Crippen LogP contribution in [0, 0.1) is 11.3 Å². The molecular formula is C18H31N5O2. The van der Waals surface area contributed by atoms with Crippen LogP contribution in [0.3, 0.4) is 0 Å². The highest BCUT2D eigenvalue weighted by Gasteiger charge is 2.43. The lowest BCUT2D eigenvalue weighted by atomic mass is 9.77. The number of carbonyl (C=O) groups excluding carboxylic acids is 1.